The molecular weight excluding hydrogens is 260 g/mol. The molecule has 0 spiro atoms. The maximum Gasteiger partial charge on any atom is 0.261 e. The molecule has 6 heteroatoms. The molecule has 1 amide bonds. The summed E-state index contributed by atoms with van der Waals surface area (Å²) in [4.78, 5) is 22.5. The quantitative estimate of drug-likeness (QED) is 0.872. The van der Waals surface area contributed by atoms with E-state index in [0.717, 1.165) is 46.7 Å². The molecule has 5 nitrogen and oxygen atoms in total. The molecule has 100 valence electrons. The first-order valence-electron chi connectivity index (χ1n) is 6.47. The van der Waals surface area contributed by atoms with Gasteiger partial charge in [-0.25, -0.2) is 4.98 Å². The number of hydrogen-bond donors (Lipinski definition) is 2. The molecule has 1 fully saturated rings. The van der Waals surface area contributed by atoms with Crippen molar-refractivity contribution in [2.75, 3.05) is 20.1 Å². The number of hydrogen-bond acceptors (Lipinski definition) is 5. The Balaban J connectivity index is 2.15. The predicted molar refractivity (Wildman–Crippen MR) is 75.6 cm³/mol. The molecule has 0 aromatic carbocycles. The minimum atomic E-state index is -0.0293. The lowest BCUT2D eigenvalue weighted by molar-refractivity contribution is 0.0965. The fourth-order valence-electron chi connectivity index (χ4n) is 2.62. The number of rotatable bonds is 2. The second kappa shape index (κ2) is 5.22. The van der Waals surface area contributed by atoms with Crippen molar-refractivity contribution in [3.63, 3.8) is 0 Å². The first-order chi connectivity index (χ1) is 9.31. The summed E-state index contributed by atoms with van der Waals surface area (Å²) in [5.74, 6) is 0.373. The lowest BCUT2D eigenvalue weighted by Crippen LogP contribution is -2.28. The standard InChI is InChI=1S/C13H16N4OS/c1-14-12(18)11-9(8-2-4-15-5-3-8)10-13(19-11)17-7-6-16-10/h6-8,15H,2-5H2,1H3,(H,14,18). The highest BCUT2D eigenvalue weighted by molar-refractivity contribution is 7.20. The van der Waals surface area contributed by atoms with Crippen LogP contribution in [0.4, 0.5) is 0 Å². The number of piperidine rings is 1. The van der Waals surface area contributed by atoms with Gasteiger partial charge in [-0.15, -0.1) is 11.3 Å². The number of nitrogens with one attached hydrogen (secondary N) is 2. The molecule has 1 saturated heterocycles. The van der Waals surface area contributed by atoms with Crippen molar-refractivity contribution >= 4 is 27.6 Å². The van der Waals surface area contributed by atoms with Gasteiger partial charge in [0.1, 0.15) is 10.3 Å². The molecule has 0 atom stereocenters. The fourth-order valence-corrected chi connectivity index (χ4v) is 3.75. The molecule has 0 bridgehead atoms. The fraction of sp³-hybridized carbons (Fsp3) is 0.462. The highest BCUT2D eigenvalue weighted by Crippen LogP contribution is 2.37. The predicted octanol–water partition coefficient (Wildman–Crippen LogP) is 1.52. The van der Waals surface area contributed by atoms with E-state index < -0.39 is 0 Å². The molecule has 1 aliphatic rings. The Bertz CT molecular complexity index is 604. The van der Waals surface area contributed by atoms with Gasteiger partial charge in [0.25, 0.3) is 5.91 Å². The minimum absolute atomic E-state index is 0.0293. The van der Waals surface area contributed by atoms with Crippen molar-refractivity contribution in [2.45, 2.75) is 18.8 Å². The second-order valence-electron chi connectivity index (χ2n) is 4.66. The summed E-state index contributed by atoms with van der Waals surface area (Å²) in [5.41, 5.74) is 1.99. The molecule has 2 N–H and O–H groups in total. The maximum absolute atomic E-state index is 12.1. The molecular formula is C13H16N4OS. The lowest BCUT2D eigenvalue weighted by atomic mass is 9.89. The van der Waals surface area contributed by atoms with E-state index in [2.05, 4.69) is 20.6 Å². The molecule has 19 heavy (non-hydrogen) atoms. The largest absolute Gasteiger partial charge is 0.354 e. The Kier molecular flexibility index (Phi) is 3.44. The van der Waals surface area contributed by atoms with Crippen LogP contribution in [0.3, 0.4) is 0 Å². The first kappa shape index (κ1) is 12.5. The Morgan fingerprint density at radius 1 is 1.37 bits per heavy atom. The third-order valence-corrected chi connectivity index (χ3v) is 4.65. The summed E-state index contributed by atoms with van der Waals surface area (Å²) in [5, 5.41) is 6.08. The van der Waals surface area contributed by atoms with Crippen molar-refractivity contribution < 1.29 is 4.79 Å². The van der Waals surface area contributed by atoms with Gasteiger partial charge in [0.05, 0.1) is 4.88 Å². The van der Waals surface area contributed by atoms with Gasteiger partial charge in [-0.2, -0.15) is 0 Å². The van der Waals surface area contributed by atoms with E-state index in [4.69, 9.17) is 0 Å². The third-order valence-electron chi connectivity index (χ3n) is 3.54. The smallest absolute Gasteiger partial charge is 0.261 e. The molecule has 0 aliphatic carbocycles. The SMILES string of the molecule is CNC(=O)c1sc2nccnc2c1C1CCNCC1. The normalized spacial score (nSPS) is 16.7. The van der Waals surface area contributed by atoms with E-state index in [1.54, 1.807) is 19.4 Å². The Labute approximate surface area is 115 Å². The van der Waals surface area contributed by atoms with Crippen LogP contribution in [0.25, 0.3) is 10.3 Å². The second-order valence-corrected chi connectivity index (χ2v) is 5.66. The van der Waals surface area contributed by atoms with Crippen molar-refractivity contribution in [3.05, 3.63) is 22.8 Å². The summed E-state index contributed by atoms with van der Waals surface area (Å²) in [6.07, 6.45) is 5.48. The average Bonchev–Trinajstić information content (AvgIpc) is 2.86. The van der Waals surface area contributed by atoms with Gasteiger partial charge in [-0.1, -0.05) is 0 Å². The monoisotopic (exact) mass is 276 g/mol. The number of carbonyl (C=O) groups is 1. The summed E-state index contributed by atoms with van der Waals surface area (Å²) < 4.78 is 0. The van der Waals surface area contributed by atoms with Gasteiger partial charge in [0.15, 0.2) is 0 Å². The van der Waals surface area contributed by atoms with Crippen LogP contribution in [0, 0.1) is 0 Å². The van der Waals surface area contributed by atoms with Crippen molar-refractivity contribution in [1.82, 2.24) is 20.6 Å². The number of carbonyl (C=O) groups excluding carboxylic acids is 1. The van der Waals surface area contributed by atoms with Crippen LogP contribution in [0.2, 0.25) is 0 Å². The van der Waals surface area contributed by atoms with Crippen molar-refractivity contribution in [3.8, 4) is 0 Å². The van der Waals surface area contributed by atoms with Gasteiger partial charge >= 0.3 is 0 Å². The molecule has 2 aromatic rings. The number of thiophene rings is 1. The van der Waals surface area contributed by atoms with Gasteiger partial charge in [0.2, 0.25) is 0 Å². The Morgan fingerprint density at radius 3 is 2.84 bits per heavy atom. The van der Waals surface area contributed by atoms with Gasteiger partial charge in [-0.3, -0.25) is 9.78 Å². The zero-order chi connectivity index (χ0) is 13.2. The van der Waals surface area contributed by atoms with E-state index in [1.165, 1.54) is 11.3 Å². The molecule has 0 radical (unpaired) electrons. The number of amides is 1. The average molecular weight is 276 g/mol. The Morgan fingerprint density at radius 2 is 2.11 bits per heavy atom. The highest BCUT2D eigenvalue weighted by Gasteiger charge is 2.26. The number of aromatic nitrogens is 2. The van der Waals surface area contributed by atoms with E-state index in [0.29, 0.717) is 5.92 Å². The molecule has 1 aliphatic heterocycles. The summed E-state index contributed by atoms with van der Waals surface area (Å²) in [6.45, 7) is 1.99. The molecule has 0 saturated carbocycles. The van der Waals surface area contributed by atoms with Gasteiger partial charge < -0.3 is 10.6 Å². The first-order valence-corrected chi connectivity index (χ1v) is 7.29. The van der Waals surface area contributed by atoms with Gasteiger partial charge in [0, 0.05) is 25.0 Å². The van der Waals surface area contributed by atoms with Crippen LogP contribution in [-0.2, 0) is 0 Å². The van der Waals surface area contributed by atoms with Crippen LogP contribution in [0.15, 0.2) is 12.4 Å². The summed E-state index contributed by atoms with van der Waals surface area (Å²) in [7, 11) is 1.67. The van der Waals surface area contributed by atoms with Crippen LogP contribution >= 0.6 is 11.3 Å². The molecule has 3 rings (SSSR count). The highest BCUT2D eigenvalue weighted by atomic mass is 32.1. The van der Waals surface area contributed by atoms with E-state index in [-0.39, 0.29) is 5.91 Å². The zero-order valence-corrected chi connectivity index (χ0v) is 11.6. The maximum atomic E-state index is 12.1. The molecule has 2 aromatic heterocycles. The third kappa shape index (κ3) is 2.21. The summed E-state index contributed by atoms with van der Waals surface area (Å²) >= 11 is 1.44. The van der Waals surface area contributed by atoms with Crippen LogP contribution in [0.1, 0.15) is 34.0 Å². The molecule has 3 heterocycles. The zero-order valence-electron chi connectivity index (χ0n) is 10.8. The van der Waals surface area contributed by atoms with Crippen molar-refractivity contribution in [1.29, 1.82) is 0 Å². The summed E-state index contributed by atoms with van der Waals surface area (Å²) in [6, 6.07) is 0. The van der Waals surface area contributed by atoms with Gasteiger partial charge in [-0.05, 0) is 31.8 Å². The van der Waals surface area contributed by atoms with Crippen LogP contribution < -0.4 is 10.6 Å². The topological polar surface area (TPSA) is 66.9 Å². The van der Waals surface area contributed by atoms with Crippen LogP contribution in [0.5, 0.6) is 0 Å². The van der Waals surface area contributed by atoms with E-state index in [1.807, 2.05) is 0 Å². The minimum Gasteiger partial charge on any atom is -0.354 e. The van der Waals surface area contributed by atoms with Crippen LogP contribution in [-0.4, -0.2) is 36.0 Å². The lowest BCUT2D eigenvalue weighted by Gasteiger charge is -2.23. The molecule has 0 unspecified atom stereocenters. The van der Waals surface area contributed by atoms with E-state index >= 15 is 0 Å². The van der Waals surface area contributed by atoms with Crippen molar-refractivity contribution in [2.24, 2.45) is 0 Å². The van der Waals surface area contributed by atoms with E-state index in [9.17, 15) is 4.79 Å². The number of nitrogens with zero attached hydrogens (tertiary/aromatic N) is 2. The number of fused-ring (bicyclic) bond motifs is 1. The Hall–Kier alpha value is -1.53.